The van der Waals surface area contributed by atoms with Crippen molar-refractivity contribution in [2.24, 2.45) is 5.92 Å². The molecule has 0 amide bonds. The van der Waals surface area contributed by atoms with Crippen LogP contribution in [0.1, 0.15) is 37.4 Å². The fraction of sp³-hybridized carbons (Fsp3) is 0.647. The Morgan fingerprint density at radius 1 is 1.10 bits per heavy atom. The Labute approximate surface area is 123 Å². The van der Waals surface area contributed by atoms with Crippen LogP contribution in [-0.4, -0.2) is 38.6 Å². The predicted molar refractivity (Wildman–Crippen MR) is 85.0 cm³/mol. The van der Waals surface area contributed by atoms with Gasteiger partial charge in [0, 0.05) is 32.4 Å². The first kappa shape index (κ1) is 13.9. The third-order valence-electron chi connectivity index (χ3n) is 4.97. The van der Waals surface area contributed by atoms with Crippen LogP contribution >= 0.6 is 0 Å². The van der Waals surface area contributed by atoms with Crippen molar-refractivity contribution < 1.29 is 0 Å². The largest absolute Gasteiger partial charge is 0.378 e. The van der Waals surface area contributed by atoms with Crippen molar-refractivity contribution in [3.63, 3.8) is 0 Å². The highest BCUT2D eigenvalue weighted by Crippen LogP contribution is 2.33. The zero-order valence-electron chi connectivity index (χ0n) is 13.0. The third-order valence-corrected chi connectivity index (χ3v) is 4.97. The van der Waals surface area contributed by atoms with Gasteiger partial charge >= 0.3 is 0 Å². The molecule has 0 spiro atoms. The lowest BCUT2D eigenvalue weighted by molar-refractivity contribution is 0.0608. The summed E-state index contributed by atoms with van der Waals surface area (Å²) in [6.45, 7) is 1.23. The van der Waals surface area contributed by atoms with E-state index in [0.29, 0.717) is 6.17 Å². The molecule has 3 heteroatoms. The Morgan fingerprint density at radius 2 is 1.80 bits per heavy atom. The molecule has 0 bridgehead atoms. The molecule has 1 aliphatic heterocycles. The molecule has 1 heterocycles. The normalized spacial score (nSPS) is 30.9. The van der Waals surface area contributed by atoms with Crippen molar-refractivity contribution in [3.05, 3.63) is 29.8 Å². The molecule has 1 saturated heterocycles. The fourth-order valence-corrected chi connectivity index (χ4v) is 3.76. The Kier molecular flexibility index (Phi) is 3.99. The molecular weight excluding hydrogens is 246 g/mol. The number of hydrogen-bond acceptors (Lipinski definition) is 3. The van der Waals surface area contributed by atoms with Crippen LogP contribution in [0.2, 0.25) is 0 Å². The van der Waals surface area contributed by atoms with Gasteiger partial charge in [-0.2, -0.15) is 0 Å². The Morgan fingerprint density at radius 3 is 2.50 bits per heavy atom. The highest BCUT2D eigenvalue weighted by atomic mass is 15.3. The van der Waals surface area contributed by atoms with Gasteiger partial charge in [0.25, 0.3) is 0 Å². The number of rotatable bonds is 2. The maximum Gasteiger partial charge on any atom is 0.0860 e. The van der Waals surface area contributed by atoms with E-state index in [9.17, 15) is 0 Å². The van der Waals surface area contributed by atoms with Gasteiger partial charge in [-0.25, -0.2) is 0 Å². The van der Waals surface area contributed by atoms with E-state index < -0.39 is 0 Å². The SMILES string of the molecule is CN(C)c1ccc([C@@H]2N[C@@H]3CCCC[C@@H]3CN2C)cc1. The standard InChI is InChI=1S/C17H27N3/c1-19(2)15-10-8-13(9-11-15)17-18-16-7-5-4-6-14(16)12-20(17)3/h8-11,14,16-18H,4-7,12H2,1-3H3/t14-,16-,17-/m1/s1. The second-order valence-electron chi connectivity index (χ2n) is 6.65. The van der Waals surface area contributed by atoms with Gasteiger partial charge in [-0.3, -0.25) is 10.2 Å². The van der Waals surface area contributed by atoms with E-state index in [-0.39, 0.29) is 0 Å². The molecule has 0 unspecified atom stereocenters. The fourth-order valence-electron chi connectivity index (χ4n) is 3.76. The minimum absolute atomic E-state index is 0.380. The summed E-state index contributed by atoms with van der Waals surface area (Å²) >= 11 is 0. The first-order valence-electron chi connectivity index (χ1n) is 7.89. The molecule has 0 radical (unpaired) electrons. The van der Waals surface area contributed by atoms with E-state index in [1.165, 1.54) is 43.5 Å². The highest BCUT2D eigenvalue weighted by molar-refractivity contribution is 5.46. The molecule has 2 aliphatic rings. The van der Waals surface area contributed by atoms with Gasteiger partial charge < -0.3 is 4.90 Å². The molecule has 3 atom stereocenters. The summed E-state index contributed by atoms with van der Waals surface area (Å²) in [6, 6.07) is 9.70. The van der Waals surface area contributed by atoms with E-state index in [1.807, 2.05) is 0 Å². The van der Waals surface area contributed by atoms with Crippen LogP contribution in [0.25, 0.3) is 0 Å². The summed E-state index contributed by atoms with van der Waals surface area (Å²) in [6.07, 6.45) is 5.94. The smallest absolute Gasteiger partial charge is 0.0860 e. The molecule has 1 aromatic rings. The van der Waals surface area contributed by atoms with E-state index >= 15 is 0 Å². The van der Waals surface area contributed by atoms with Gasteiger partial charge in [0.15, 0.2) is 0 Å². The van der Waals surface area contributed by atoms with Gasteiger partial charge in [-0.1, -0.05) is 25.0 Å². The second kappa shape index (κ2) is 5.74. The van der Waals surface area contributed by atoms with Gasteiger partial charge in [0.2, 0.25) is 0 Å². The number of benzene rings is 1. The van der Waals surface area contributed by atoms with E-state index in [2.05, 4.69) is 60.5 Å². The summed E-state index contributed by atoms with van der Waals surface area (Å²) in [5.41, 5.74) is 2.66. The molecule has 1 aromatic carbocycles. The quantitative estimate of drug-likeness (QED) is 0.894. The van der Waals surface area contributed by atoms with Crippen molar-refractivity contribution in [3.8, 4) is 0 Å². The van der Waals surface area contributed by atoms with Gasteiger partial charge in [0.1, 0.15) is 0 Å². The molecule has 110 valence electrons. The molecule has 1 saturated carbocycles. The maximum atomic E-state index is 3.88. The van der Waals surface area contributed by atoms with Crippen LogP contribution in [0.5, 0.6) is 0 Å². The first-order chi connectivity index (χ1) is 9.65. The van der Waals surface area contributed by atoms with Gasteiger partial charge in [-0.15, -0.1) is 0 Å². The highest BCUT2D eigenvalue weighted by Gasteiger charge is 2.34. The summed E-state index contributed by atoms with van der Waals surface area (Å²) in [7, 11) is 6.43. The van der Waals surface area contributed by atoms with E-state index in [1.54, 1.807) is 0 Å². The Bertz CT molecular complexity index is 440. The molecule has 3 nitrogen and oxygen atoms in total. The van der Waals surface area contributed by atoms with Crippen LogP contribution in [-0.2, 0) is 0 Å². The van der Waals surface area contributed by atoms with Crippen LogP contribution in [0.3, 0.4) is 0 Å². The van der Waals surface area contributed by atoms with Gasteiger partial charge in [-0.05, 0) is 43.5 Å². The lowest BCUT2D eigenvalue weighted by Gasteiger charge is -2.46. The van der Waals surface area contributed by atoms with Crippen LogP contribution in [0.4, 0.5) is 5.69 Å². The maximum absolute atomic E-state index is 3.88. The second-order valence-corrected chi connectivity index (χ2v) is 6.65. The van der Waals surface area contributed by atoms with Crippen molar-refractivity contribution in [1.29, 1.82) is 0 Å². The third kappa shape index (κ3) is 2.70. The summed E-state index contributed by atoms with van der Waals surface area (Å²) in [5, 5.41) is 3.88. The summed E-state index contributed by atoms with van der Waals surface area (Å²) < 4.78 is 0. The van der Waals surface area contributed by atoms with Crippen molar-refractivity contribution in [2.45, 2.75) is 37.9 Å². The molecule has 3 rings (SSSR count). The number of anilines is 1. The van der Waals surface area contributed by atoms with E-state index in [4.69, 9.17) is 0 Å². The average molecular weight is 273 g/mol. The lowest BCUT2D eigenvalue weighted by Crippen LogP contribution is -2.54. The minimum atomic E-state index is 0.380. The number of hydrogen-bond donors (Lipinski definition) is 1. The Hall–Kier alpha value is -1.06. The first-order valence-corrected chi connectivity index (χ1v) is 7.89. The van der Waals surface area contributed by atoms with Crippen LogP contribution < -0.4 is 10.2 Å². The molecule has 1 aliphatic carbocycles. The molecular formula is C17H27N3. The Balaban J connectivity index is 1.75. The van der Waals surface area contributed by atoms with Crippen molar-refractivity contribution in [1.82, 2.24) is 10.2 Å². The topological polar surface area (TPSA) is 18.5 Å². The zero-order chi connectivity index (χ0) is 14.1. The molecule has 1 N–H and O–H groups in total. The number of nitrogens with zero attached hydrogens (tertiary/aromatic N) is 2. The molecule has 20 heavy (non-hydrogen) atoms. The molecule has 2 fully saturated rings. The van der Waals surface area contributed by atoms with E-state index in [0.717, 1.165) is 12.0 Å². The number of fused-ring (bicyclic) bond motifs is 1. The summed E-state index contributed by atoms with van der Waals surface area (Å²) in [4.78, 5) is 4.64. The zero-order valence-corrected chi connectivity index (χ0v) is 13.0. The minimum Gasteiger partial charge on any atom is -0.378 e. The van der Waals surface area contributed by atoms with Crippen LogP contribution in [0.15, 0.2) is 24.3 Å². The van der Waals surface area contributed by atoms with Crippen LogP contribution in [0, 0.1) is 5.92 Å². The predicted octanol–water partition coefficient (Wildman–Crippen LogP) is 2.85. The lowest BCUT2D eigenvalue weighted by atomic mass is 9.82. The average Bonchev–Trinajstić information content (AvgIpc) is 2.46. The summed E-state index contributed by atoms with van der Waals surface area (Å²) in [5.74, 6) is 0.853. The monoisotopic (exact) mass is 273 g/mol. The van der Waals surface area contributed by atoms with Crippen molar-refractivity contribution >= 4 is 5.69 Å². The molecule has 0 aromatic heterocycles. The van der Waals surface area contributed by atoms with Gasteiger partial charge in [0.05, 0.1) is 6.17 Å². The van der Waals surface area contributed by atoms with Crippen molar-refractivity contribution in [2.75, 3.05) is 32.6 Å². The number of nitrogens with one attached hydrogen (secondary N) is 1.